The fraction of sp³-hybridized carbons (Fsp3) is 0.467. The molecule has 0 saturated heterocycles. The first-order chi connectivity index (χ1) is 17.1. The van der Waals surface area contributed by atoms with Crippen molar-refractivity contribution in [3.8, 4) is 5.69 Å². The molecule has 0 spiro atoms. The summed E-state index contributed by atoms with van der Waals surface area (Å²) >= 11 is 0. The van der Waals surface area contributed by atoms with Crippen LogP contribution in [0.15, 0.2) is 47.3 Å². The third kappa shape index (κ3) is 8.10. The molecule has 3 rings (SSSR count). The van der Waals surface area contributed by atoms with Crippen LogP contribution >= 0.6 is 0 Å². The van der Waals surface area contributed by atoms with Crippen molar-refractivity contribution in [3.63, 3.8) is 0 Å². The zero-order chi connectivity index (χ0) is 26.7. The van der Waals surface area contributed by atoms with Gasteiger partial charge in [0, 0.05) is 19.3 Å². The zero-order valence-electron chi connectivity index (χ0n) is 22.2. The summed E-state index contributed by atoms with van der Waals surface area (Å²) in [6, 6.07) is 14.0. The van der Waals surface area contributed by atoms with Gasteiger partial charge in [-0.3, -0.25) is 14.2 Å². The number of rotatable bonds is 10. The molecule has 0 atom stereocenters. The summed E-state index contributed by atoms with van der Waals surface area (Å²) in [5.41, 5.74) is 3.92. The van der Waals surface area contributed by atoms with Crippen LogP contribution in [0.1, 0.15) is 89.6 Å². The maximum absolute atomic E-state index is 13.5. The average molecular weight is 491 g/mol. The standard InChI is InChI=1S/C29H38N2O2.CO2/c1-6-7-8-11-24(32)12-9-10-13-27-30-26-20-21(2)14-19-25(26)28(33)31(27)23-17-15-22(16-18-23)29(3,4)5;2-1-3/h14-20H,6-13H2,1-5H3;. The van der Waals surface area contributed by atoms with E-state index in [0.29, 0.717) is 30.4 Å². The molecule has 2 aromatic carbocycles. The normalized spacial score (nSPS) is 11.0. The van der Waals surface area contributed by atoms with E-state index in [-0.39, 0.29) is 17.1 Å². The molecule has 1 heterocycles. The number of hydrogen-bond acceptors (Lipinski definition) is 5. The number of fused-ring (bicyclic) bond motifs is 1. The number of aryl methyl sites for hydroxylation is 2. The van der Waals surface area contributed by atoms with Crippen molar-refractivity contribution in [1.29, 1.82) is 0 Å². The van der Waals surface area contributed by atoms with Gasteiger partial charge in [0.05, 0.1) is 16.6 Å². The molecule has 0 unspecified atom stereocenters. The Kier molecular flexibility index (Phi) is 10.9. The molecule has 0 amide bonds. The first-order valence-corrected chi connectivity index (χ1v) is 12.8. The fourth-order valence-corrected chi connectivity index (χ4v) is 4.19. The number of benzene rings is 2. The molecular weight excluding hydrogens is 452 g/mol. The molecule has 1 aromatic heterocycles. The highest BCUT2D eigenvalue weighted by Crippen LogP contribution is 2.24. The van der Waals surface area contributed by atoms with Crippen LogP contribution in [0.4, 0.5) is 0 Å². The first kappa shape index (κ1) is 28.9. The van der Waals surface area contributed by atoms with Gasteiger partial charge < -0.3 is 0 Å². The Morgan fingerprint density at radius 1 is 0.944 bits per heavy atom. The fourth-order valence-electron chi connectivity index (χ4n) is 4.19. The van der Waals surface area contributed by atoms with E-state index in [2.05, 4.69) is 39.8 Å². The molecule has 192 valence electrons. The Bertz CT molecular complexity index is 1240. The number of carbonyl (C=O) groups excluding carboxylic acids is 3. The van der Waals surface area contributed by atoms with Crippen LogP contribution in [-0.4, -0.2) is 21.5 Å². The quantitative estimate of drug-likeness (QED) is 0.313. The van der Waals surface area contributed by atoms with Crippen LogP contribution in [0.2, 0.25) is 0 Å². The lowest BCUT2D eigenvalue weighted by Gasteiger charge is -2.20. The Balaban J connectivity index is 0.00000145. The van der Waals surface area contributed by atoms with Gasteiger partial charge in [-0.05, 0) is 67.0 Å². The van der Waals surface area contributed by atoms with Gasteiger partial charge in [-0.15, -0.1) is 0 Å². The van der Waals surface area contributed by atoms with E-state index in [1.165, 1.54) is 5.56 Å². The van der Waals surface area contributed by atoms with E-state index >= 15 is 0 Å². The SMILES string of the molecule is CCCCCC(=O)CCCCc1nc2cc(C)ccc2c(=O)n1-c1ccc(C(C)(C)C)cc1.O=C=O. The number of aromatic nitrogens is 2. The summed E-state index contributed by atoms with van der Waals surface area (Å²) in [7, 11) is 0. The van der Waals surface area contributed by atoms with Crippen molar-refractivity contribution in [2.45, 2.75) is 91.4 Å². The predicted molar refractivity (Wildman–Crippen MR) is 142 cm³/mol. The minimum Gasteiger partial charge on any atom is -0.300 e. The third-order valence-corrected chi connectivity index (χ3v) is 6.25. The van der Waals surface area contributed by atoms with Gasteiger partial charge in [0.2, 0.25) is 0 Å². The highest BCUT2D eigenvalue weighted by Gasteiger charge is 2.16. The Hall–Kier alpha value is -3.37. The lowest BCUT2D eigenvalue weighted by atomic mass is 9.87. The number of ketones is 1. The monoisotopic (exact) mass is 490 g/mol. The second-order valence-corrected chi connectivity index (χ2v) is 10.3. The molecule has 0 fully saturated rings. The molecular formula is C30H38N2O4. The van der Waals surface area contributed by atoms with Gasteiger partial charge in [0.15, 0.2) is 0 Å². The number of carbonyl (C=O) groups is 1. The minimum absolute atomic E-state index is 0.0332. The van der Waals surface area contributed by atoms with Gasteiger partial charge in [-0.25, -0.2) is 4.98 Å². The van der Waals surface area contributed by atoms with E-state index in [0.717, 1.165) is 54.7 Å². The number of unbranched alkanes of at least 4 members (excludes halogenated alkanes) is 3. The number of Topliss-reactive ketones (excluding diaryl/α,β-unsaturated/α-hetero) is 1. The summed E-state index contributed by atoms with van der Waals surface area (Å²) in [5, 5.41) is 0.635. The lowest BCUT2D eigenvalue weighted by molar-refractivity contribution is -0.191. The summed E-state index contributed by atoms with van der Waals surface area (Å²) in [4.78, 5) is 46.8. The molecule has 36 heavy (non-hydrogen) atoms. The summed E-state index contributed by atoms with van der Waals surface area (Å²) in [6.07, 6.45) is 7.13. The highest BCUT2D eigenvalue weighted by molar-refractivity contribution is 5.79. The van der Waals surface area contributed by atoms with Crippen LogP contribution < -0.4 is 5.56 Å². The lowest BCUT2D eigenvalue weighted by Crippen LogP contribution is -2.24. The summed E-state index contributed by atoms with van der Waals surface area (Å²) in [5.74, 6) is 1.11. The van der Waals surface area contributed by atoms with Gasteiger partial charge in [-0.1, -0.05) is 58.7 Å². The van der Waals surface area contributed by atoms with Crippen LogP contribution in [-0.2, 0) is 26.2 Å². The number of hydrogen-bond donors (Lipinski definition) is 0. The third-order valence-electron chi connectivity index (χ3n) is 6.25. The Morgan fingerprint density at radius 3 is 2.14 bits per heavy atom. The molecule has 6 nitrogen and oxygen atoms in total. The first-order valence-electron chi connectivity index (χ1n) is 12.8. The van der Waals surface area contributed by atoms with E-state index in [1.807, 2.05) is 37.3 Å². The molecule has 0 bridgehead atoms. The van der Waals surface area contributed by atoms with Gasteiger partial charge in [0.25, 0.3) is 5.56 Å². The predicted octanol–water partition coefficient (Wildman–Crippen LogP) is 6.27. The van der Waals surface area contributed by atoms with Crippen molar-refractivity contribution in [2.75, 3.05) is 0 Å². The van der Waals surface area contributed by atoms with Crippen LogP contribution in [0, 0.1) is 6.92 Å². The van der Waals surface area contributed by atoms with Crippen LogP contribution in [0.3, 0.4) is 0 Å². The van der Waals surface area contributed by atoms with Crippen molar-refractivity contribution in [1.82, 2.24) is 9.55 Å². The second kappa shape index (κ2) is 13.6. The zero-order valence-corrected chi connectivity index (χ0v) is 22.2. The van der Waals surface area contributed by atoms with Crippen molar-refractivity contribution < 1.29 is 14.4 Å². The van der Waals surface area contributed by atoms with Crippen molar-refractivity contribution in [2.24, 2.45) is 0 Å². The topological polar surface area (TPSA) is 86.1 Å². The molecule has 0 saturated carbocycles. The summed E-state index contributed by atoms with van der Waals surface area (Å²) in [6.45, 7) is 10.7. The average Bonchev–Trinajstić information content (AvgIpc) is 2.82. The molecule has 0 aliphatic carbocycles. The molecule has 6 heteroatoms. The molecule has 0 radical (unpaired) electrons. The number of nitrogens with zero attached hydrogens (tertiary/aromatic N) is 2. The maximum Gasteiger partial charge on any atom is 0.373 e. The highest BCUT2D eigenvalue weighted by atomic mass is 16.2. The minimum atomic E-state index is -0.0332. The van der Waals surface area contributed by atoms with Gasteiger partial charge >= 0.3 is 6.15 Å². The Labute approximate surface area is 213 Å². The van der Waals surface area contributed by atoms with E-state index in [9.17, 15) is 9.59 Å². The molecule has 0 aliphatic heterocycles. The van der Waals surface area contributed by atoms with Gasteiger partial charge in [-0.2, -0.15) is 9.59 Å². The van der Waals surface area contributed by atoms with E-state index in [4.69, 9.17) is 14.6 Å². The molecule has 3 aromatic rings. The smallest absolute Gasteiger partial charge is 0.300 e. The van der Waals surface area contributed by atoms with E-state index in [1.54, 1.807) is 4.57 Å². The van der Waals surface area contributed by atoms with Crippen molar-refractivity contribution >= 4 is 22.8 Å². The second-order valence-electron chi connectivity index (χ2n) is 10.3. The molecule has 0 N–H and O–H groups in total. The summed E-state index contributed by atoms with van der Waals surface area (Å²) < 4.78 is 1.76. The van der Waals surface area contributed by atoms with Gasteiger partial charge in [0.1, 0.15) is 11.6 Å². The van der Waals surface area contributed by atoms with Crippen LogP contribution in [0.5, 0.6) is 0 Å². The molecule has 0 aliphatic rings. The largest absolute Gasteiger partial charge is 0.373 e. The van der Waals surface area contributed by atoms with Crippen LogP contribution in [0.25, 0.3) is 16.6 Å². The maximum atomic E-state index is 13.5. The Morgan fingerprint density at radius 2 is 1.56 bits per heavy atom. The van der Waals surface area contributed by atoms with Crippen molar-refractivity contribution in [3.05, 3.63) is 69.8 Å². The van der Waals surface area contributed by atoms with E-state index < -0.39 is 0 Å².